The van der Waals surface area contributed by atoms with E-state index in [4.69, 9.17) is 10.8 Å². The number of para-hydroxylation sites is 1. The molecule has 9 heteroatoms. The number of carboxylic acids is 1. The van der Waals surface area contributed by atoms with Crippen molar-refractivity contribution in [3.8, 4) is 5.69 Å². The molecule has 0 bridgehead atoms. The van der Waals surface area contributed by atoms with Gasteiger partial charge in [-0.15, -0.1) is 0 Å². The molecule has 3 N–H and O–H groups in total. The van der Waals surface area contributed by atoms with Gasteiger partial charge >= 0.3 is 12.1 Å². The summed E-state index contributed by atoms with van der Waals surface area (Å²) >= 11 is 0. The number of alkyl halides is 3. The van der Waals surface area contributed by atoms with E-state index >= 15 is 0 Å². The molecule has 0 unspecified atom stereocenters. The molecule has 0 saturated heterocycles. The van der Waals surface area contributed by atoms with Gasteiger partial charge in [0.2, 0.25) is 0 Å². The molecule has 2 rings (SSSR count). The van der Waals surface area contributed by atoms with Crippen LogP contribution in [0.4, 0.5) is 23.4 Å². The first-order valence-electron chi connectivity index (χ1n) is 5.17. The Kier molecular flexibility index (Phi) is 3.12. The van der Waals surface area contributed by atoms with Crippen LogP contribution >= 0.6 is 0 Å². The number of nitrogens with zero attached hydrogens (tertiary/aromatic N) is 2. The van der Waals surface area contributed by atoms with Gasteiger partial charge in [0.05, 0.1) is 0 Å². The molecule has 0 aliphatic heterocycles. The van der Waals surface area contributed by atoms with Gasteiger partial charge in [0.25, 0.3) is 0 Å². The zero-order chi connectivity index (χ0) is 15.1. The lowest BCUT2D eigenvalue weighted by atomic mass is 10.2. The molecule has 0 amide bonds. The number of anilines is 1. The predicted octanol–water partition coefficient (Wildman–Crippen LogP) is 2.31. The van der Waals surface area contributed by atoms with Crippen LogP contribution in [0.15, 0.2) is 24.3 Å². The molecule has 20 heavy (non-hydrogen) atoms. The molecule has 106 valence electrons. The molecule has 2 aromatic rings. The Balaban J connectivity index is 2.75. The Hall–Kier alpha value is -2.58. The number of rotatable bonds is 2. The van der Waals surface area contributed by atoms with Crippen LogP contribution in [0, 0.1) is 5.82 Å². The number of hydrogen-bond donors (Lipinski definition) is 2. The van der Waals surface area contributed by atoms with Gasteiger partial charge in [0.15, 0.2) is 5.69 Å². The summed E-state index contributed by atoms with van der Waals surface area (Å²) in [6.45, 7) is 0. The van der Waals surface area contributed by atoms with Crippen molar-refractivity contribution in [2.75, 3.05) is 5.73 Å². The van der Waals surface area contributed by atoms with Gasteiger partial charge in [0.1, 0.15) is 22.9 Å². The number of nitrogen functional groups attached to an aromatic ring is 1. The van der Waals surface area contributed by atoms with Gasteiger partial charge in [-0.1, -0.05) is 12.1 Å². The van der Waals surface area contributed by atoms with E-state index in [0.717, 1.165) is 12.1 Å². The van der Waals surface area contributed by atoms with Crippen molar-refractivity contribution in [2.24, 2.45) is 0 Å². The Bertz CT molecular complexity index is 679. The Labute approximate surface area is 109 Å². The maximum absolute atomic E-state index is 13.5. The first-order chi connectivity index (χ1) is 9.23. The Morgan fingerprint density at radius 1 is 1.30 bits per heavy atom. The highest BCUT2D eigenvalue weighted by atomic mass is 19.4. The monoisotopic (exact) mass is 289 g/mol. The third-order valence-electron chi connectivity index (χ3n) is 2.49. The smallest absolute Gasteiger partial charge is 0.422 e. The van der Waals surface area contributed by atoms with E-state index in [1.54, 1.807) is 0 Å². The third-order valence-corrected chi connectivity index (χ3v) is 2.49. The summed E-state index contributed by atoms with van der Waals surface area (Å²) in [5.74, 6) is -3.77. The number of halogens is 4. The number of carboxylic acid groups (broad SMARTS) is 1. The second kappa shape index (κ2) is 4.51. The lowest BCUT2D eigenvalue weighted by Gasteiger charge is -2.08. The standard InChI is InChI=1S/C11H7F4N3O2/c12-5-3-1-2-4-6(5)18-9(16)7(11(13,14)15)8(17-18)10(19)20/h1-4H,16H2,(H,19,20). The molecule has 1 heterocycles. The summed E-state index contributed by atoms with van der Waals surface area (Å²) in [6, 6.07) is 4.79. The lowest BCUT2D eigenvalue weighted by molar-refractivity contribution is -0.137. The third kappa shape index (κ3) is 2.17. The fourth-order valence-electron chi connectivity index (χ4n) is 1.67. The molecular formula is C11H7F4N3O2. The summed E-state index contributed by atoms with van der Waals surface area (Å²) in [5.41, 5.74) is 2.02. The maximum atomic E-state index is 13.5. The number of aromatic nitrogens is 2. The number of hydrogen-bond acceptors (Lipinski definition) is 3. The van der Waals surface area contributed by atoms with E-state index in [-0.39, 0.29) is 5.69 Å². The van der Waals surface area contributed by atoms with Gasteiger partial charge in [-0.25, -0.2) is 13.9 Å². The molecule has 1 aromatic carbocycles. The topological polar surface area (TPSA) is 81.1 Å². The highest BCUT2D eigenvalue weighted by Gasteiger charge is 2.42. The van der Waals surface area contributed by atoms with E-state index in [2.05, 4.69) is 5.10 Å². The van der Waals surface area contributed by atoms with Gasteiger partial charge in [-0.05, 0) is 12.1 Å². The molecule has 0 fully saturated rings. The lowest BCUT2D eigenvalue weighted by Crippen LogP contribution is -2.13. The second-order valence-electron chi connectivity index (χ2n) is 3.77. The van der Waals surface area contributed by atoms with Crippen LogP contribution in [0.25, 0.3) is 5.69 Å². The maximum Gasteiger partial charge on any atom is 0.422 e. The molecule has 0 aliphatic rings. The zero-order valence-electron chi connectivity index (χ0n) is 9.65. The van der Waals surface area contributed by atoms with Crippen LogP contribution in [0.1, 0.15) is 16.1 Å². The van der Waals surface area contributed by atoms with Crippen molar-refractivity contribution in [3.63, 3.8) is 0 Å². The molecule has 0 spiro atoms. The summed E-state index contributed by atoms with van der Waals surface area (Å²) < 4.78 is 52.4. The summed E-state index contributed by atoms with van der Waals surface area (Å²) in [4.78, 5) is 10.8. The van der Waals surface area contributed by atoms with Gasteiger partial charge in [0, 0.05) is 0 Å². The first kappa shape index (κ1) is 13.8. The van der Waals surface area contributed by atoms with Crippen LogP contribution in [-0.2, 0) is 6.18 Å². The van der Waals surface area contributed by atoms with Crippen molar-refractivity contribution in [1.82, 2.24) is 9.78 Å². The van der Waals surface area contributed by atoms with Crippen LogP contribution in [-0.4, -0.2) is 20.9 Å². The van der Waals surface area contributed by atoms with E-state index < -0.39 is 35.0 Å². The fraction of sp³-hybridized carbons (Fsp3) is 0.0909. The summed E-state index contributed by atoms with van der Waals surface area (Å²) in [5, 5.41) is 12.0. The van der Waals surface area contributed by atoms with E-state index in [0.29, 0.717) is 4.68 Å². The average Bonchev–Trinajstić information content (AvgIpc) is 2.67. The number of benzene rings is 1. The minimum atomic E-state index is -5.01. The van der Waals surface area contributed by atoms with Crippen molar-refractivity contribution in [2.45, 2.75) is 6.18 Å². The molecule has 5 nitrogen and oxygen atoms in total. The van der Waals surface area contributed by atoms with Crippen molar-refractivity contribution in [3.05, 3.63) is 41.3 Å². The molecule has 1 aromatic heterocycles. The zero-order valence-corrected chi connectivity index (χ0v) is 9.65. The fourth-order valence-corrected chi connectivity index (χ4v) is 1.67. The number of nitrogens with two attached hydrogens (primary N) is 1. The van der Waals surface area contributed by atoms with E-state index in [1.165, 1.54) is 12.1 Å². The molecular weight excluding hydrogens is 282 g/mol. The van der Waals surface area contributed by atoms with Crippen LogP contribution in [0.3, 0.4) is 0 Å². The van der Waals surface area contributed by atoms with Crippen LogP contribution in [0.2, 0.25) is 0 Å². The van der Waals surface area contributed by atoms with E-state index in [9.17, 15) is 22.4 Å². The largest absolute Gasteiger partial charge is 0.476 e. The quantitative estimate of drug-likeness (QED) is 0.831. The van der Waals surface area contributed by atoms with Gasteiger partial charge < -0.3 is 10.8 Å². The second-order valence-corrected chi connectivity index (χ2v) is 3.77. The molecule has 0 atom stereocenters. The Morgan fingerprint density at radius 3 is 2.35 bits per heavy atom. The highest BCUT2D eigenvalue weighted by Crippen LogP contribution is 2.37. The van der Waals surface area contributed by atoms with E-state index in [1.807, 2.05) is 0 Å². The first-order valence-corrected chi connectivity index (χ1v) is 5.17. The van der Waals surface area contributed by atoms with Gasteiger partial charge in [-0.2, -0.15) is 18.3 Å². The number of carbonyl (C=O) groups is 1. The predicted molar refractivity (Wildman–Crippen MR) is 59.9 cm³/mol. The molecule has 0 aliphatic carbocycles. The normalized spacial score (nSPS) is 11.6. The van der Waals surface area contributed by atoms with Crippen molar-refractivity contribution in [1.29, 1.82) is 0 Å². The van der Waals surface area contributed by atoms with Crippen LogP contribution < -0.4 is 5.73 Å². The summed E-state index contributed by atoms with van der Waals surface area (Å²) in [7, 11) is 0. The summed E-state index contributed by atoms with van der Waals surface area (Å²) in [6.07, 6.45) is -5.01. The molecule has 0 radical (unpaired) electrons. The average molecular weight is 289 g/mol. The van der Waals surface area contributed by atoms with Crippen molar-refractivity contribution < 1.29 is 27.5 Å². The van der Waals surface area contributed by atoms with Crippen molar-refractivity contribution >= 4 is 11.8 Å². The molecule has 0 saturated carbocycles. The Morgan fingerprint density at radius 2 is 1.90 bits per heavy atom. The number of aromatic carboxylic acids is 1. The van der Waals surface area contributed by atoms with Crippen LogP contribution in [0.5, 0.6) is 0 Å². The highest BCUT2D eigenvalue weighted by molar-refractivity contribution is 5.89. The minimum Gasteiger partial charge on any atom is -0.476 e. The SMILES string of the molecule is Nc1c(C(F)(F)F)c(C(=O)O)nn1-c1ccccc1F. The van der Waals surface area contributed by atoms with Gasteiger partial charge in [-0.3, -0.25) is 0 Å². The minimum absolute atomic E-state index is 0.372.